The van der Waals surface area contributed by atoms with Crippen molar-refractivity contribution in [1.29, 1.82) is 0 Å². The maximum atomic E-state index is 13.8. The van der Waals surface area contributed by atoms with Crippen LogP contribution >= 0.6 is 0 Å². The molecule has 0 unspecified atom stereocenters. The monoisotopic (exact) mass is 306 g/mol. The molecule has 0 aromatic carbocycles. The van der Waals surface area contributed by atoms with E-state index in [2.05, 4.69) is 15.5 Å². The number of hydrogen-bond acceptors (Lipinski definition) is 4. The van der Waals surface area contributed by atoms with E-state index in [-0.39, 0.29) is 11.9 Å². The van der Waals surface area contributed by atoms with Crippen molar-refractivity contribution < 1.29 is 13.7 Å². The van der Waals surface area contributed by atoms with Crippen LogP contribution in [0.15, 0.2) is 29.2 Å². The van der Waals surface area contributed by atoms with E-state index in [1.165, 1.54) is 0 Å². The second kappa shape index (κ2) is 6.31. The zero-order valence-corrected chi connectivity index (χ0v) is 12.4. The lowest BCUT2D eigenvalue weighted by atomic mass is 10.2. The van der Waals surface area contributed by atoms with Gasteiger partial charge in [0.15, 0.2) is 0 Å². The Bertz CT molecular complexity index is 625. The highest BCUT2D eigenvalue weighted by Crippen LogP contribution is 2.23. The minimum Gasteiger partial charge on any atom is -0.367 e. The van der Waals surface area contributed by atoms with E-state index in [1.807, 2.05) is 11.8 Å². The first-order valence-corrected chi connectivity index (χ1v) is 7.32. The van der Waals surface area contributed by atoms with Gasteiger partial charge >= 0.3 is 0 Å². The Balaban J connectivity index is 1.59. The molecule has 7 heteroatoms. The number of nitrogens with one attached hydrogen (secondary N) is 2. The average Bonchev–Trinajstić information content (AvgIpc) is 3.20. The van der Waals surface area contributed by atoms with Gasteiger partial charge < -0.3 is 14.8 Å². The Hall–Kier alpha value is -2.15. The smallest absolute Gasteiger partial charge is 0.252 e. The van der Waals surface area contributed by atoms with Crippen LogP contribution in [0.1, 0.15) is 28.1 Å². The fraction of sp³-hybridized carbons (Fsp3) is 0.467. The van der Waals surface area contributed by atoms with Crippen LogP contribution in [0.3, 0.4) is 0 Å². The highest BCUT2D eigenvalue weighted by Gasteiger charge is 2.32. The molecule has 3 rings (SSSR count). The minimum absolute atomic E-state index is 0.0211. The van der Waals surface area contributed by atoms with Crippen LogP contribution in [0.25, 0.3) is 0 Å². The molecule has 0 spiro atoms. The fourth-order valence-corrected chi connectivity index (χ4v) is 2.80. The SMILES string of the molecule is Cc1oncc1CN1C[C@@H](F)C[C@H]1CNC(=O)c1cc[nH]c1. The number of nitrogens with zero attached hydrogens (tertiary/aromatic N) is 2. The predicted molar refractivity (Wildman–Crippen MR) is 78.1 cm³/mol. The van der Waals surface area contributed by atoms with Crippen molar-refractivity contribution in [2.24, 2.45) is 0 Å². The lowest BCUT2D eigenvalue weighted by Gasteiger charge is -2.23. The van der Waals surface area contributed by atoms with Crippen molar-refractivity contribution >= 4 is 5.91 Å². The number of H-pyrrole nitrogens is 1. The van der Waals surface area contributed by atoms with Crippen LogP contribution in [-0.2, 0) is 6.54 Å². The Morgan fingerprint density at radius 3 is 3.18 bits per heavy atom. The summed E-state index contributed by atoms with van der Waals surface area (Å²) in [6.45, 7) is 3.22. The molecule has 1 aliphatic heterocycles. The number of rotatable bonds is 5. The number of hydrogen-bond donors (Lipinski definition) is 2. The van der Waals surface area contributed by atoms with E-state index in [1.54, 1.807) is 24.7 Å². The third kappa shape index (κ3) is 3.19. The molecule has 2 atom stereocenters. The number of alkyl halides is 1. The molecule has 3 heterocycles. The Kier molecular flexibility index (Phi) is 4.24. The number of aryl methyl sites for hydroxylation is 1. The summed E-state index contributed by atoms with van der Waals surface area (Å²) < 4.78 is 18.8. The van der Waals surface area contributed by atoms with Crippen LogP contribution < -0.4 is 5.32 Å². The van der Waals surface area contributed by atoms with Gasteiger partial charge in [-0.15, -0.1) is 0 Å². The summed E-state index contributed by atoms with van der Waals surface area (Å²) in [4.78, 5) is 16.8. The zero-order valence-electron chi connectivity index (χ0n) is 12.4. The average molecular weight is 306 g/mol. The first-order valence-electron chi connectivity index (χ1n) is 7.32. The lowest BCUT2D eigenvalue weighted by Crippen LogP contribution is -2.39. The predicted octanol–water partition coefficient (Wildman–Crippen LogP) is 1.65. The van der Waals surface area contributed by atoms with Gasteiger partial charge in [-0.25, -0.2) is 4.39 Å². The highest BCUT2D eigenvalue weighted by atomic mass is 19.1. The van der Waals surface area contributed by atoms with Gasteiger partial charge in [-0.3, -0.25) is 9.69 Å². The van der Waals surface area contributed by atoms with Crippen LogP contribution in [0.5, 0.6) is 0 Å². The third-order valence-corrected chi connectivity index (χ3v) is 4.06. The van der Waals surface area contributed by atoms with Gasteiger partial charge in [0.2, 0.25) is 0 Å². The van der Waals surface area contributed by atoms with E-state index in [0.29, 0.717) is 31.6 Å². The normalized spacial score (nSPS) is 22.1. The molecule has 22 heavy (non-hydrogen) atoms. The molecule has 0 radical (unpaired) electrons. The number of aromatic amines is 1. The first kappa shape index (κ1) is 14.8. The second-order valence-corrected chi connectivity index (χ2v) is 5.63. The van der Waals surface area contributed by atoms with E-state index >= 15 is 0 Å². The van der Waals surface area contributed by atoms with Crippen LogP contribution in [0.2, 0.25) is 0 Å². The summed E-state index contributed by atoms with van der Waals surface area (Å²) in [7, 11) is 0. The highest BCUT2D eigenvalue weighted by molar-refractivity contribution is 5.93. The van der Waals surface area contributed by atoms with Gasteiger partial charge in [-0.05, 0) is 19.4 Å². The van der Waals surface area contributed by atoms with E-state index in [9.17, 15) is 9.18 Å². The molecule has 2 N–H and O–H groups in total. The summed E-state index contributed by atoms with van der Waals surface area (Å²) in [5.74, 6) is 0.599. The van der Waals surface area contributed by atoms with Crippen molar-refractivity contribution in [1.82, 2.24) is 20.4 Å². The quantitative estimate of drug-likeness (QED) is 0.881. The third-order valence-electron chi connectivity index (χ3n) is 4.06. The number of amides is 1. The van der Waals surface area contributed by atoms with Gasteiger partial charge in [-0.2, -0.15) is 0 Å². The Labute approximate surface area is 127 Å². The summed E-state index contributed by atoms with van der Waals surface area (Å²) >= 11 is 0. The maximum absolute atomic E-state index is 13.8. The topological polar surface area (TPSA) is 74.2 Å². The van der Waals surface area contributed by atoms with Crippen molar-refractivity contribution in [3.8, 4) is 0 Å². The minimum atomic E-state index is -0.866. The maximum Gasteiger partial charge on any atom is 0.252 e. The van der Waals surface area contributed by atoms with Crippen molar-refractivity contribution in [3.05, 3.63) is 41.5 Å². The lowest BCUT2D eigenvalue weighted by molar-refractivity contribution is 0.0940. The van der Waals surface area contributed by atoms with Crippen molar-refractivity contribution in [3.63, 3.8) is 0 Å². The molecular formula is C15H19FN4O2. The van der Waals surface area contributed by atoms with Crippen LogP contribution in [-0.4, -0.2) is 46.3 Å². The zero-order chi connectivity index (χ0) is 15.5. The van der Waals surface area contributed by atoms with Crippen LogP contribution in [0.4, 0.5) is 4.39 Å². The number of carbonyl (C=O) groups is 1. The second-order valence-electron chi connectivity index (χ2n) is 5.63. The molecule has 0 bridgehead atoms. The number of likely N-dealkylation sites (tertiary alicyclic amines) is 1. The Morgan fingerprint density at radius 1 is 1.64 bits per heavy atom. The summed E-state index contributed by atoms with van der Waals surface area (Å²) in [5, 5.41) is 6.61. The summed E-state index contributed by atoms with van der Waals surface area (Å²) in [5.41, 5.74) is 1.53. The molecule has 1 aliphatic rings. The molecule has 0 aliphatic carbocycles. The number of aromatic nitrogens is 2. The molecule has 2 aromatic heterocycles. The van der Waals surface area contributed by atoms with E-state index < -0.39 is 6.17 Å². The summed E-state index contributed by atoms with van der Waals surface area (Å²) in [6, 6.07) is 1.69. The van der Waals surface area contributed by atoms with Gasteiger partial charge in [-0.1, -0.05) is 5.16 Å². The summed E-state index contributed by atoms with van der Waals surface area (Å²) in [6.07, 6.45) is 4.56. The Morgan fingerprint density at radius 2 is 2.50 bits per heavy atom. The van der Waals surface area contributed by atoms with Gasteiger partial charge in [0.1, 0.15) is 11.9 Å². The molecule has 118 valence electrons. The standard InChI is InChI=1S/C15H19FN4O2/c1-10-12(6-19-22-10)8-20-9-13(16)4-14(20)7-18-15(21)11-2-3-17-5-11/h2-3,5-6,13-14,17H,4,7-9H2,1H3,(H,18,21)/t13-,14-/m0/s1. The van der Waals surface area contributed by atoms with Crippen molar-refractivity contribution in [2.75, 3.05) is 13.1 Å². The fourth-order valence-electron chi connectivity index (χ4n) is 2.80. The largest absolute Gasteiger partial charge is 0.367 e. The molecule has 1 amide bonds. The van der Waals surface area contributed by atoms with E-state index in [0.717, 1.165) is 11.3 Å². The van der Waals surface area contributed by atoms with E-state index in [4.69, 9.17) is 4.52 Å². The molecule has 0 saturated carbocycles. The number of carbonyl (C=O) groups excluding carboxylic acids is 1. The van der Waals surface area contributed by atoms with Crippen molar-refractivity contribution in [2.45, 2.75) is 32.1 Å². The van der Waals surface area contributed by atoms with Crippen LogP contribution in [0, 0.1) is 6.92 Å². The number of halogens is 1. The molecule has 1 fully saturated rings. The van der Waals surface area contributed by atoms with Gasteiger partial charge in [0.25, 0.3) is 5.91 Å². The molecule has 6 nitrogen and oxygen atoms in total. The molecule has 1 saturated heterocycles. The first-order chi connectivity index (χ1) is 10.6. The molecular weight excluding hydrogens is 287 g/mol. The van der Waals surface area contributed by atoms with Gasteiger partial charge in [0, 0.05) is 43.6 Å². The molecule has 2 aromatic rings. The van der Waals surface area contributed by atoms with Gasteiger partial charge in [0.05, 0.1) is 11.8 Å².